The van der Waals surface area contributed by atoms with Crippen molar-refractivity contribution in [1.29, 1.82) is 0 Å². The van der Waals surface area contributed by atoms with Gasteiger partial charge < -0.3 is 5.11 Å². The van der Waals surface area contributed by atoms with E-state index in [4.69, 9.17) is 0 Å². The van der Waals surface area contributed by atoms with Gasteiger partial charge in [-0.3, -0.25) is 0 Å². The maximum absolute atomic E-state index is 14.7. The van der Waals surface area contributed by atoms with Crippen molar-refractivity contribution in [2.45, 2.75) is 5.60 Å². The van der Waals surface area contributed by atoms with Crippen molar-refractivity contribution in [1.82, 2.24) is 0 Å². The third-order valence-electron chi connectivity index (χ3n) is 4.94. The normalized spacial score (nSPS) is 12.0. The molecule has 0 aromatic heterocycles. The third kappa shape index (κ3) is 4.44. The molecule has 1 atom stereocenters. The zero-order valence-electron chi connectivity index (χ0n) is 17.0. The van der Waals surface area contributed by atoms with Crippen molar-refractivity contribution >= 4 is 0 Å². The Hall–Kier alpha value is -4.18. The fourth-order valence-corrected chi connectivity index (χ4v) is 3.32. The Kier molecular flexibility index (Phi) is 6.13. The van der Waals surface area contributed by atoms with Gasteiger partial charge in [0, 0.05) is 22.3 Å². The average Bonchev–Trinajstić information content (AvgIpc) is 2.83. The van der Waals surface area contributed by atoms with Crippen molar-refractivity contribution in [3.05, 3.63) is 143 Å². The molecule has 1 nitrogen and oxygen atoms in total. The molecule has 0 saturated heterocycles. The van der Waals surface area contributed by atoms with Gasteiger partial charge >= 0.3 is 0 Å². The van der Waals surface area contributed by atoms with Crippen LogP contribution in [0, 0.1) is 35.3 Å². The number of hydrogen-bond acceptors (Lipinski definition) is 1. The highest BCUT2D eigenvalue weighted by Crippen LogP contribution is 2.33. The van der Waals surface area contributed by atoms with Gasteiger partial charge in [0.2, 0.25) is 0 Å². The molecule has 0 spiro atoms. The summed E-state index contributed by atoms with van der Waals surface area (Å²) in [6.45, 7) is 0. The molecule has 4 aromatic rings. The lowest BCUT2D eigenvalue weighted by molar-refractivity contribution is 0.135. The van der Waals surface area contributed by atoms with Crippen LogP contribution in [-0.2, 0) is 5.60 Å². The van der Waals surface area contributed by atoms with Crippen LogP contribution in [-0.4, -0.2) is 5.11 Å². The second-order valence-electron chi connectivity index (χ2n) is 7.08. The summed E-state index contributed by atoms with van der Waals surface area (Å²) in [5.41, 5.74) is -0.382. The monoisotopic (exact) mass is 420 g/mol. The Morgan fingerprint density at radius 2 is 1.09 bits per heavy atom. The van der Waals surface area contributed by atoms with E-state index < -0.39 is 22.8 Å². The highest BCUT2D eigenvalue weighted by Gasteiger charge is 2.35. The van der Waals surface area contributed by atoms with E-state index >= 15 is 0 Å². The first-order valence-corrected chi connectivity index (χ1v) is 9.99. The van der Waals surface area contributed by atoms with Gasteiger partial charge in [-0.25, -0.2) is 8.78 Å². The second kappa shape index (κ2) is 9.31. The zero-order valence-corrected chi connectivity index (χ0v) is 17.0. The molecule has 0 aliphatic rings. The van der Waals surface area contributed by atoms with Gasteiger partial charge in [0.05, 0.1) is 5.56 Å². The molecule has 32 heavy (non-hydrogen) atoms. The van der Waals surface area contributed by atoms with Gasteiger partial charge in [-0.1, -0.05) is 90.4 Å². The van der Waals surface area contributed by atoms with Crippen LogP contribution in [0.2, 0.25) is 0 Å². The van der Waals surface area contributed by atoms with Gasteiger partial charge in [0.1, 0.15) is 11.6 Å². The number of rotatable bonds is 2. The Bertz CT molecular complexity index is 1340. The summed E-state index contributed by atoms with van der Waals surface area (Å²) >= 11 is 0. The molecule has 0 bridgehead atoms. The van der Waals surface area contributed by atoms with E-state index in [1.54, 1.807) is 42.5 Å². The number of halogens is 2. The fourth-order valence-electron chi connectivity index (χ4n) is 3.32. The molecule has 0 saturated carbocycles. The van der Waals surface area contributed by atoms with Crippen LogP contribution in [0.3, 0.4) is 0 Å². The third-order valence-corrected chi connectivity index (χ3v) is 4.94. The molecule has 0 aliphatic carbocycles. The Balaban J connectivity index is 1.84. The Morgan fingerprint density at radius 3 is 1.72 bits per heavy atom. The first-order valence-electron chi connectivity index (χ1n) is 9.99. The molecule has 4 rings (SSSR count). The number of aliphatic hydroxyl groups is 1. The highest BCUT2D eigenvalue weighted by molar-refractivity contribution is 5.55. The van der Waals surface area contributed by atoms with Crippen LogP contribution >= 0.6 is 0 Å². The van der Waals surface area contributed by atoms with Crippen LogP contribution in [0.5, 0.6) is 0 Å². The van der Waals surface area contributed by atoms with E-state index in [-0.39, 0.29) is 5.56 Å². The molecule has 0 amide bonds. The van der Waals surface area contributed by atoms with Gasteiger partial charge in [-0.05, 0) is 36.4 Å². The second-order valence-corrected chi connectivity index (χ2v) is 7.08. The van der Waals surface area contributed by atoms with Crippen LogP contribution in [0.15, 0.2) is 103 Å². The summed E-state index contributed by atoms with van der Waals surface area (Å²) in [4.78, 5) is 0. The fraction of sp³-hybridized carbons (Fsp3) is 0.0345. The van der Waals surface area contributed by atoms with Gasteiger partial charge in [-0.2, -0.15) is 0 Å². The smallest absolute Gasteiger partial charge is 0.182 e. The molecule has 154 valence electrons. The lowest BCUT2D eigenvalue weighted by Crippen LogP contribution is -2.28. The van der Waals surface area contributed by atoms with Gasteiger partial charge in [0.25, 0.3) is 0 Å². The molecule has 1 unspecified atom stereocenters. The minimum atomic E-state index is -2.18. The predicted octanol–water partition coefficient (Wildman–Crippen LogP) is 5.65. The zero-order chi connectivity index (χ0) is 22.4. The van der Waals surface area contributed by atoms with E-state index in [1.165, 1.54) is 6.07 Å². The quantitative estimate of drug-likeness (QED) is 0.416. The number of hydrogen-bond donors (Lipinski definition) is 1. The molecular weight excluding hydrogens is 402 g/mol. The van der Waals surface area contributed by atoms with Gasteiger partial charge in [-0.15, -0.1) is 0 Å². The van der Waals surface area contributed by atoms with Crippen LogP contribution in [0.25, 0.3) is 0 Å². The predicted molar refractivity (Wildman–Crippen MR) is 122 cm³/mol. The standard InChI is InChI=1S/C29H18F2O/c30-26-16-9-17-27(31)28(26)29(32,25-14-5-2-6-15-25)21-20-24-13-8-7-12-23(24)19-18-22-10-3-1-4-11-22/h1-17,32H. The van der Waals surface area contributed by atoms with Crippen LogP contribution in [0.1, 0.15) is 27.8 Å². The molecule has 3 heteroatoms. The average molecular weight is 420 g/mol. The lowest BCUT2D eigenvalue weighted by Gasteiger charge is -2.24. The maximum Gasteiger partial charge on any atom is 0.182 e. The summed E-state index contributed by atoms with van der Waals surface area (Å²) in [6, 6.07) is 28.5. The Labute approximate surface area is 186 Å². The molecule has 0 radical (unpaired) electrons. The summed E-state index contributed by atoms with van der Waals surface area (Å²) in [7, 11) is 0. The van der Waals surface area contributed by atoms with Crippen molar-refractivity contribution in [2.24, 2.45) is 0 Å². The van der Waals surface area contributed by atoms with E-state index in [2.05, 4.69) is 23.7 Å². The topological polar surface area (TPSA) is 20.2 Å². The number of benzene rings is 4. The van der Waals surface area contributed by atoms with Crippen LogP contribution in [0.4, 0.5) is 8.78 Å². The van der Waals surface area contributed by atoms with Crippen LogP contribution < -0.4 is 0 Å². The van der Waals surface area contributed by atoms with Crippen molar-refractivity contribution < 1.29 is 13.9 Å². The van der Waals surface area contributed by atoms with Crippen molar-refractivity contribution in [3.63, 3.8) is 0 Å². The molecule has 0 heterocycles. The molecule has 0 fully saturated rings. The molecule has 1 N–H and O–H groups in total. The molecular formula is C29H18F2O. The minimum absolute atomic E-state index is 0.268. The van der Waals surface area contributed by atoms with E-state index in [1.807, 2.05) is 42.5 Å². The highest BCUT2D eigenvalue weighted by atomic mass is 19.1. The minimum Gasteiger partial charge on any atom is -0.369 e. The van der Waals surface area contributed by atoms with Crippen molar-refractivity contribution in [3.8, 4) is 23.7 Å². The lowest BCUT2D eigenvalue weighted by atomic mass is 9.85. The summed E-state index contributed by atoms with van der Waals surface area (Å²) < 4.78 is 29.3. The summed E-state index contributed by atoms with van der Waals surface area (Å²) in [6.07, 6.45) is 0. The van der Waals surface area contributed by atoms with E-state index in [9.17, 15) is 13.9 Å². The SMILES string of the molecule is OC(C#Cc1ccccc1C#Cc1ccccc1)(c1ccccc1)c1c(F)cccc1F. The van der Waals surface area contributed by atoms with Crippen molar-refractivity contribution in [2.75, 3.05) is 0 Å². The largest absolute Gasteiger partial charge is 0.369 e. The summed E-state index contributed by atoms with van der Waals surface area (Å²) in [5.74, 6) is 10.0. The van der Waals surface area contributed by atoms with E-state index in [0.29, 0.717) is 11.1 Å². The maximum atomic E-state index is 14.7. The summed E-state index contributed by atoms with van der Waals surface area (Å²) in [5, 5.41) is 11.5. The first kappa shape index (κ1) is 21.1. The Morgan fingerprint density at radius 1 is 0.562 bits per heavy atom. The van der Waals surface area contributed by atoms with E-state index in [0.717, 1.165) is 17.7 Å². The molecule has 0 aliphatic heterocycles. The molecule has 4 aromatic carbocycles. The first-order chi connectivity index (χ1) is 15.6. The van der Waals surface area contributed by atoms with Gasteiger partial charge in [0.15, 0.2) is 5.60 Å².